The molecule has 16 heavy (non-hydrogen) atoms. The predicted octanol–water partition coefficient (Wildman–Crippen LogP) is 4.05. The van der Waals surface area contributed by atoms with Gasteiger partial charge in [-0.3, -0.25) is 0 Å². The van der Waals surface area contributed by atoms with E-state index in [1.54, 1.807) is 0 Å². The van der Waals surface area contributed by atoms with Crippen LogP contribution in [0.2, 0.25) is 5.02 Å². The maximum Gasteiger partial charge on any atom is 0.0438 e. The second-order valence-electron chi connectivity index (χ2n) is 4.38. The van der Waals surface area contributed by atoms with Crippen molar-refractivity contribution in [2.75, 3.05) is 0 Å². The molecule has 0 spiro atoms. The molecule has 0 heterocycles. The van der Waals surface area contributed by atoms with Gasteiger partial charge in [0.1, 0.15) is 0 Å². The number of rotatable bonds is 6. The molecular formula is C14H22ClN. The molecule has 0 fully saturated rings. The summed E-state index contributed by atoms with van der Waals surface area (Å²) in [6.07, 6.45) is 3.36. The van der Waals surface area contributed by atoms with E-state index in [-0.39, 0.29) is 0 Å². The van der Waals surface area contributed by atoms with Crippen molar-refractivity contribution in [2.45, 2.75) is 52.1 Å². The summed E-state index contributed by atoms with van der Waals surface area (Å²) in [5.74, 6) is 0. The third-order valence-corrected chi connectivity index (χ3v) is 3.36. The Morgan fingerprint density at radius 3 is 2.38 bits per heavy atom. The van der Waals surface area contributed by atoms with Crippen molar-refractivity contribution in [3.05, 3.63) is 34.9 Å². The Labute approximate surface area is 104 Å². The first kappa shape index (κ1) is 13.5. The molecule has 0 aliphatic heterocycles. The van der Waals surface area contributed by atoms with Gasteiger partial charge in [0.05, 0.1) is 0 Å². The molecule has 1 N–H and O–H groups in total. The van der Waals surface area contributed by atoms with Crippen molar-refractivity contribution in [3.8, 4) is 0 Å². The smallest absolute Gasteiger partial charge is 0.0438 e. The molecule has 90 valence electrons. The standard InChI is InChI=1S/C14H22ClN/c1-4-13(5-2)16-11(3)10-12-8-6-7-9-14(12)15/h6-9,11,13,16H,4-5,10H2,1-3H3. The number of hydrogen-bond donors (Lipinski definition) is 1. The van der Waals surface area contributed by atoms with E-state index >= 15 is 0 Å². The van der Waals surface area contributed by atoms with Crippen LogP contribution >= 0.6 is 11.6 Å². The van der Waals surface area contributed by atoms with Crippen molar-refractivity contribution < 1.29 is 0 Å². The molecule has 1 unspecified atom stereocenters. The molecule has 0 saturated carbocycles. The van der Waals surface area contributed by atoms with Crippen molar-refractivity contribution in [2.24, 2.45) is 0 Å². The fraction of sp³-hybridized carbons (Fsp3) is 0.571. The van der Waals surface area contributed by atoms with E-state index in [0.29, 0.717) is 12.1 Å². The predicted molar refractivity (Wildman–Crippen MR) is 72.1 cm³/mol. The molecule has 0 aliphatic carbocycles. The Hall–Kier alpha value is -0.530. The van der Waals surface area contributed by atoms with Crippen LogP contribution in [-0.4, -0.2) is 12.1 Å². The Kier molecular flexibility index (Phi) is 5.86. The van der Waals surface area contributed by atoms with E-state index in [1.165, 1.54) is 18.4 Å². The lowest BCUT2D eigenvalue weighted by molar-refractivity contribution is 0.422. The number of halogens is 1. The fourth-order valence-corrected chi connectivity index (χ4v) is 2.19. The van der Waals surface area contributed by atoms with Gasteiger partial charge in [-0.2, -0.15) is 0 Å². The minimum atomic E-state index is 0.477. The summed E-state index contributed by atoms with van der Waals surface area (Å²) >= 11 is 6.14. The lowest BCUT2D eigenvalue weighted by Crippen LogP contribution is -2.37. The van der Waals surface area contributed by atoms with E-state index in [9.17, 15) is 0 Å². The van der Waals surface area contributed by atoms with Gasteiger partial charge in [0.2, 0.25) is 0 Å². The van der Waals surface area contributed by atoms with Crippen LogP contribution in [-0.2, 0) is 6.42 Å². The van der Waals surface area contributed by atoms with Crippen molar-refractivity contribution in [1.29, 1.82) is 0 Å². The number of hydrogen-bond acceptors (Lipinski definition) is 1. The van der Waals surface area contributed by atoms with Crippen molar-refractivity contribution in [3.63, 3.8) is 0 Å². The highest BCUT2D eigenvalue weighted by Gasteiger charge is 2.10. The highest BCUT2D eigenvalue weighted by atomic mass is 35.5. The van der Waals surface area contributed by atoms with Gasteiger partial charge in [-0.05, 0) is 37.8 Å². The largest absolute Gasteiger partial charge is 0.311 e. The molecular weight excluding hydrogens is 218 g/mol. The number of nitrogens with one attached hydrogen (secondary N) is 1. The zero-order valence-corrected chi connectivity index (χ0v) is 11.2. The van der Waals surface area contributed by atoms with Gasteiger partial charge < -0.3 is 5.32 Å². The summed E-state index contributed by atoms with van der Waals surface area (Å²) in [4.78, 5) is 0. The summed E-state index contributed by atoms with van der Waals surface area (Å²) in [5, 5.41) is 4.51. The van der Waals surface area contributed by atoms with E-state index in [1.807, 2.05) is 18.2 Å². The summed E-state index contributed by atoms with van der Waals surface area (Å²) in [5.41, 5.74) is 1.23. The first-order valence-corrected chi connectivity index (χ1v) is 6.54. The molecule has 0 amide bonds. The van der Waals surface area contributed by atoms with Crippen molar-refractivity contribution >= 4 is 11.6 Å². The average Bonchev–Trinajstić information content (AvgIpc) is 2.29. The van der Waals surface area contributed by atoms with Crippen LogP contribution in [0.4, 0.5) is 0 Å². The molecule has 2 heteroatoms. The summed E-state index contributed by atoms with van der Waals surface area (Å²) < 4.78 is 0. The van der Waals surface area contributed by atoms with Crippen molar-refractivity contribution in [1.82, 2.24) is 5.32 Å². The Bertz CT molecular complexity index is 307. The van der Waals surface area contributed by atoms with Crippen LogP contribution in [0, 0.1) is 0 Å². The molecule has 1 aromatic carbocycles. The van der Waals surface area contributed by atoms with Gasteiger partial charge in [0.15, 0.2) is 0 Å². The second kappa shape index (κ2) is 6.93. The highest BCUT2D eigenvalue weighted by Crippen LogP contribution is 2.16. The minimum absolute atomic E-state index is 0.477. The lowest BCUT2D eigenvalue weighted by atomic mass is 10.0. The third-order valence-electron chi connectivity index (χ3n) is 2.99. The summed E-state index contributed by atoms with van der Waals surface area (Å²) in [6.45, 7) is 6.68. The van der Waals surface area contributed by atoms with Crippen LogP contribution in [0.3, 0.4) is 0 Å². The quantitative estimate of drug-likeness (QED) is 0.790. The molecule has 0 aliphatic rings. The van der Waals surface area contributed by atoms with Crippen LogP contribution in [0.15, 0.2) is 24.3 Å². The average molecular weight is 240 g/mol. The van der Waals surface area contributed by atoms with Gasteiger partial charge in [-0.1, -0.05) is 43.6 Å². The van der Waals surface area contributed by atoms with Gasteiger partial charge in [0.25, 0.3) is 0 Å². The van der Waals surface area contributed by atoms with E-state index in [2.05, 4.69) is 32.2 Å². The molecule has 0 aromatic heterocycles. The van der Waals surface area contributed by atoms with Gasteiger partial charge in [-0.25, -0.2) is 0 Å². The molecule has 0 bridgehead atoms. The molecule has 0 radical (unpaired) electrons. The summed E-state index contributed by atoms with van der Waals surface area (Å²) in [6, 6.07) is 9.19. The zero-order valence-electron chi connectivity index (χ0n) is 10.5. The monoisotopic (exact) mass is 239 g/mol. The Balaban J connectivity index is 2.51. The lowest BCUT2D eigenvalue weighted by Gasteiger charge is -2.21. The maximum atomic E-state index is 6.14. The topological polar surface area (TPSA) is 12.0 Å². The second-order valence-corrected chi connectivity index (χ2v) is 4.78. The van der Waals surface area contributed by atoms with Gasteiger partial charge in [0, 0.05) is 17.1 Å². The zero-order chi connectivity index (χ0) is 12.0. The molecule has 1 aromatic rings. The summed E-state index contributed by atoms with van der Waals surface area (Å²) in [7, 11) is 0. The fourth-order valence-electron chi connectivity index (χ4n) is 1.98. The molecule has 1 nitrogen and oxygen atoms in total. The maximum absolute atomic E-state index is 6.14. The number of benzene rings is 1. The van der Waals surface area contributed by atoms with Crippen LogP contribution in [0.25, 0.3) is 0 Å². The first-order chi connectivity index (χ1) is 7.67. The van der Waals surface area contributed by atoms with E-state index in [4.69, 9.17) is 11.6 Å². The highest BCUT2D eigenvalue weighted by molar-refractivity contribution is 6.31. The van der Waals surface area contributed by atoms with E-state index in [0.717, 1.165) is 11.4 Å². The van der Waals surface area contributed by atoms with Crippen LogP contribution < -0.4 is 5.32 Å². The van der Waals surface area contributed by atoms with Gasteiger partial charge in [-0.15, -0.1) is 0 Å². The SMILES string of the molecule is CCC(CC)NC(C)Cc1ccccc1Cl. The Morgan fingerprint density at radius 2 is 1.81 bits per heavy atom. The normalized spacial score (nSPS) is 13.1. The molecule has 1 rings (SSSR count). The van der Waals surface area contributed by atoms with Gasteiger partial charge >= 0.3 is 0 Å². The third kappa shape index (κ3) is 4.15. The van der Waals surface area contributed by atoms with Crippen LogP contribution in [0.1, 0.15) is 39.2 Å². The van der Waals surface area contributed by atoms with E-state index < -0.39 is 0 Å². The Morgan fingerprint density at radius 1 is 1.19 bits per heavy atom. The molecule has 0 saturated heterocycles. The van der Waals surface area contributed by atoms with Crippen LogP contribution in [0.5, 0.6) is 0 Å². The first-order valence-electron chi connectivity index (χ1n) is 6.16. The molecule has 1 atom stereocenters. The minimum Gasteiger partial charge on any atom is -0.311 e.